The monoisotopic (exact) mass is 500 g/mol. The summed E-state index contributed by atoms with van der Waals surface area (Å²) < 4.78 is 45.9. The quantitative estimate of drug-likeness (QED) is 0.454. The zero-order chi connectivity index (χ0) is 25.7. The van der Waals surface area contributed by atoms with Crippen molar-refractivity contribution in [2.45, 2.75) is 32.6 Å². The van der Waals surface area contributed by atoms with Crippen LogP contribution in [0, 0.1) is 0 Å². The minimum atomic E-state index is -3.04. The van der Waals surface area contributed by atoms with E-state index in [9.17, 15) is 18.4 Å². The van der Waals surface area contributed by atoms with E-state index in [0.29, 0.717) is 28.9 Å². The molecule has 2 aromatic carbocycles. The smallest absolute Gasteiger partial charge is 0.431 e. The van der Waals surface area contributed by atoms with E-state index in [1.807, 2.05) is 6.92 Å². The Morgan fingerprint density at radius 1 is 1.19 bits per heavy atom. The molecule has 1 aliphatic rings. The maximum absolute atomic E-state index is 12.9. The molecule has 0 saturated carbocycles. The lowest BCUT2D eigenvalue weighted by Crippen LogP contribution is -2.41. The largest absolute Gasteiger partial charge is 0.493 e. The summed E-state index contributed by atoms with van der Waals surface area (Å²) in [6, 6.07) is 11.2. The number of oxazole rings is 1. The zero-order valence-electron chi connectivity index (χ0n) is 19.3. The van der Waals surface area contributed by atoms with Crippen LogP contribution in [-0.4, -0.2) is 47.5 Å². The molecule has 0 fully saturated rings. The third-order valence-corrected chi connectivity index (χ3v) is 5.23. The summed E-state index contributed by atoms with van der Waals surface area (Å²) in [5, 5.41) is 8.28. The number of halogens is 2. The fraction of sp³-hybridized carbons (Fsp3) is 0.250. The number of nitrogens with one attached hydrogen (secondary N) is 1. The normalized spacial score (nSPS) is 15.4. The highest BCUT2D eigenvalue weighted by molar-refractivity contribution is 6.06. The summed E-state index contributed by atoms with van der Waals surface area (Å²) in [5.41, 5.74) is 2.05. The lowest BCUT2D eigenvalue weighted by molar-refractivity contribution is -0.0512. The van der Waals surface area contributed by atoms with Crippen LogP contribution >= 0.6 is 0 Å². The third-order valence-electron chi connectivity index (χ3n) is 5.23. The molecule has 2 amide bonds. The van der Waals surface area contributed by atoms with Crippen molar-refractivity contribution in [1.29, 1.82) is 0 Å². The molecule has 1 aliphatic heterocycles. The number of benzene rings is 2. The highest BCUT2D eigenvalue weighted by Gasteiger charge is 2.31. The first kappa shape index (κ1) is 24.6. The summed E-state index contributed by atoms with van der Waals surface area (Å²) in [6.07, 6.45) is 1.57. The summed E-state index contributed by atoms with van der Waals surface area (Å²) in [7, 11) is 1.34. The fourth-order valence-corrected chi connectivity index (χ4v) is 3.50. The summed E-state index contributed by atoms with van der Waals surface area (Å²) in [6.45, 7) is -1.15. The predicted molar refractivity (Wildman–Crippen MR) is 123 cm³/mol. The summed E-state index contributed by atoms with van der Waals surface area (Å²) in [5.74, 6) is -0.403. The van der Waals surface area contributed by atoms with E-state index in [4.69, 9.17) is 13.9 Å². The molecule has 188 valence electrons. The average Bonchev–Trinajstić information content (AvgIpc) is 3.41. The molecule has 1 aromatic heterocycles. The van der Waals surface area contributed by atoms with Gasteiger partial charge in [-0.25, -0.2) is 9.78 Å². The van der Waals surface area contributed by atoms with Crippen molar-refractivity contribution in [3.05, 3.63) is 71.9 Å². The van der Waals surface area contributed by atoms with E-state index in [1.54, 1.807) is 30.3 Å². The van der Waals surface area contributed by atoms with Crippen LogP contribution in [0.15, 0.2) is 64.6 Å². The van der Waals surface area contributed by atoms with Crippen LogP contribution in [0.3, 0.4) is 0 Å². The van der Waals surface area contributed by atoms with Gasteiger partial charge in [-0.2, -0.15) is 18.9 Å². The zero-order valence-corrected chi connectivity index (χ0v) is 19.3. The number of alkyl halides is 2. The van der Waals surface area contributed by atoms with Crippen molar-refractivity contribution >= 4 is 23.4 Å². The van der Waals surface area contributed by atoms with Gasteiger partial charge in [0.25, 0.3) is 5.91 Å². The second-order valence-electron chi connectivity index (χ2n) is 7.58. The summed E-state index contributed by atoms with van der Waals surface area (Å²) >= 11 is 0. The molecule has 0 saturated heterocycles. The van der Waals surface area contributed by atoms with Crippen molar-refractivity contribution < 1.29 is 37.0 Å². The van der Waals surface area contributed by atoms with Gasteiger partial charge in [0.05, 0.1) is 19.9 Å². The average molecular weight is 500 g/mol. The van der Waals surface area contributed by atoms with Crippen LogP contribution in [0.25, 0.3) is 0 Å². The predicted octanol–water partition coefficient (Wildman–Crippen LogP) is 4.67. The van der Waals surface area contributed by atoms with Crippen molar-refractivity contribution in [1.82, 2.24) is 9.99 Å². The molecule has 0 bridgehead atoms. The van der Waals surface area contributed by atoms with Crippen LogP contribution in [0.4, 0.5) is 19.3 Å². The SMILES string of the molecule is CCC1OC(=O)N(Cc2ccc(NC(=O)c3cnco3)cc2)N=C1c1ccc(OC)c(OC(F)F)c1. The van der Waals surface area contributed by atoms with Gasteiger partial charge in [0.1, 0.15) is 11.8 Å². The Morgan fingerprint density at radius 3 is 2.61 bits per heavy atom. The second kappa shape index (κ2) is 10.8. The lowest BCUT2D eigenvalue weighted by Gasteiger charge is -2.29. The highest BCUT2D eigenvalue weighted by Crippen LogP contribution is 2.31. The van der Waals surface area contributed by atoms with Gasteiger partial charge < -0.3 is 23.9 Å². The van der Waals surface area contributed by atoms with Crippen LogP contribution in [0.1, 0.15) is 35.0 Å². The molecule has 3 aromatic rings. The number of nitrogens with zero attached hydrogens (tertiary/aromatic N) is 3. The number of methoxy groups -OCH3 is 1. The molecule has 1 atom stereocenters. The molecular weight excluding hydrogens is 478 g/mol. The van der Waals surface area contributed by atoms with Gasteiger partial charge in [-0.05, 0) is 42.3 Å². The van der Waals surface area contributed by atoms with Crippen molar-refractivity contribution in [3.8, 4) is 11.5 Å². The molecule has 2 heterocycles. The molecule has 0 radical (unpaired) electrons. The number of carbonyl (C=O) groups excluding carboxylic acids is 2. The van der Waals surface area contributed by atoms with Crippen molar-refractivity contribution in [3.63, 3.8) is 0 Å². The van der Waals surface area contributed by atoms with E-state index in [1.165, 1.54) is 25.4 Å². The Hall–Kier alpha value is -4.48. The van der Waals surface area contributed by atoms with Crippen molar-refractivity contribution in [2.24, 2.45) is 5.10 Å². The number of aromatic nitrogens is 1. The number of rotatable bonds is 9. The van der Waals surface area contributed by atoms with Crippen LogP contribution < -0.4 is 14.8 Å². The maximum Gasteiger partial charge on any atom is 0.431 e. The number of carbonyl (C=O) groups is 2. The van der Waals surface area contributed by atoms with Gasteiger partial charge in [-0.3, -0.25) is 4.79 Å². The Bertz CT molecular complexity index is 1250. The molecule has 10 nitrogen and oxygen atoms in total. The molecule has 4 rings (SSSR count). The molecular formula is C24H22F2N4O6. The molecule has 12 heteroatoms. The van der Waals surface area contributed by atoms with Gasteiger partial charge in [-0.15, -0.1) is 0 Å². The lowest BCUT2D eigenvalue weighted by atomic mass is 10.0. The van der Waals surface area contributed by atoms with Crippen LogP contribution in [-0.2, 0) is 11.3 Å². The Balaban J connectivity index is 1.54. The molecule has 36 heavy (non-hydrogen) atoms. The number of anilines is 1. The Kier molecular flexibility index (Phi) is 7.42. The van der Waals surface area contributed by atoms with Gasteiger partial charge in [0, 0.05) is 11.3 Å². The van der Waals surface area contributed by atoms with Crippen molar-refractivity contribution in [2.75, 3.05) is 12.4 Å². The van der Waals surface area contributed by atoms with E-state index in [0.717, 1.165) is 11.4 Å². The molecule has 0 spiro atoms. The number of hydrogen-bond donors (Lipinski definition) is 1. The van der Waals surface area contributed by atoms with Gasteiger partial charge in [-0.1, -0.05) is 19.1 Å². The first-order chi connectivity index (χ1) is 17.4. The van der Waals surface area contributed by atoms with E-state index < -0.39 is 24.7 Å². The number of hydrogen-bond acceptors (Lipinski definition) is 8. The number of amides is 2. The first-order valence-electron chi connectivity index (χ1n) is 10.9. The number of ether oxygens (including phenoxy) is 3. The molecule has 1 N–H and O–H groups in total. The van der Waals surface area contributed by atoms with E-state index >= 15 is 0 Å². The standard InChI is InChI=1S/C24H22F2N4O6/c1-3-17-21(15-6-9-18(33-2)19(10-15)35-23(25)26)29-30(24(32)36-17)12-14-4-7-16(8-5-14)28-22(31)20-11-27-13-34-20/h4-11,13,17,23H,3,12H2,1-2H3,(H,28,31). The van der Waals surface area contributed by atoms with Crippen LogP contribution in [0.5, 0.6) is 11.5 Å². The third kappa shape index (κ3) is 5.59. The van der Waals surface area contributed by atoms with Crippen LogP contribution in [0.2, 0.25) is 0 Å². The van der Waals surface area contributed by atoms with E-state index in [2.05, 4.69) is 20.1 Å². The second-order valence-corrected chi connectivity index (χ2v) is 7.58. The maximum atomic E-state index is 12.9. The Morgan fingerprint density at radius 2 is 1.97 bits per heavy atom. The number of cyclic esters (lactones) is 1. The molecule has 0 aliphatic carbocycles. The highest BCUT2D eigenvalue weighted by atomic mass is 19.3. The van der Waals surface area contributed by atoms with Gasteiger partial charge in [0.2, 0.25) is 5.76 Å². The summed E-state index contributed by atoms with van der Waals surface area (Å²) in [4.78, 5) is 28.4. The van der Waals surface area contributed by atoms with E-state index in [-0.39, 0.29) is 23.8 Å². The van der Waals surface area contributed by atoms with Gasteiger partial charge >= 0.3 is 12.7 Å². The fourth-order valence-electron chi connectivity index (χ4n) is 3.50. The molecule has 1 unspecified atom stereocenters. The van der Waals surface area contributed by atoms with Gasteiger partial charge in [0.15, 0.2) is 17.9 Å². The number of hydrazone groups is 1. The first-order valence-corrected chi connectivity index (χ1v) is 10.9. The minimum absolute atomic E-state index is 0.0723. The minimum Gasteiger partial charge on any atom is -0.493 e. The Labute approximate surface area is 204 Å². The topological polar surface area (TPSA) is 115 Å².